The average Bonchev–Trinajstić information content (AvgIpc) is 3.32. The predicted molar refractivity (Wildman–Crippen MR) is 136 cm³/mol. The van der Waals surface area contributed by atoms with E-state index in [1.165, 1.54) is 44.4 Å². The standard InChI is InChI=1S/C29H33F2N5O/c1-17-2-4-20(5-3-17)24-15-25(27(30)31)36-28(33-24)23(16-32-36)29(37)35-8-6-34(7-9-35)26-21-11-18-10-19(13-21)14-22(26)12-18/h2-5,15-16,18-19,21-22,26-27H,6-14H2,1H3. The van der Waals surface area contributed by atoms with Crippen molar-refractivity contribution in [1.82, 2.24) is 24.4 Å². The smallest absolute Gasteiger partial charge is 0.280 e. The van der Waals surface area contributed by atoms with E-state index in [2.05, 4.69) is 15.0 Å². The Morgan fingerprint density at radius 1 is 0.946 bits per heavy atom. The van der Waals surface area contributed by atoms with E-state index in [4.69, 9.17) is 0 Å². The van der Waals surface area contributed by atoms with Gasteiger partial charge in [-0.25, -0.2) is 18.3 Å². The van der Waals surface area contributed by atoms with Gasteiger partial charge in [-0.05, 0) is 68.8 Å². The molecule has 194 valence electrons. The number of hydrogen-bond donors (Lipinski definition) is 0. The van der Waals surface area contributed by atoms with Crippen LogP contribution in [0.4, 0.5) is 8.78 Å². The first-order valence-corrected chi connectivity index (χ1v) is 13.7. The summed E-state index contributed by atoms with van der Waals surface area (Å²) >= 11 is 0. The van der Waals surface area contributed by atoms with Gasteiger partial charge in [0.15, 0.2) is 5.65 Å². The molecule has 1 saturated heterocycles. The number of benzene rings is 1. The van der Waals surface area contributed by atoms with Gasteiger partial charge in [-0.2, -0.15) is 5.10 Å². The molecule has 0 spiro atoms. The van der Waals surface area contributed by atoms with Gasteiger partial charge in [0.2, 0.25) is 0 Å². The number of rotatable bonds is 4. The number of nitrogens with zero attached hydrogens (tertiary/aromatic N) is 5. The van der Waals surface area contributed by atoms with Gasteiger partial charge >= 0.3 is 0 Å². The molecule has 3 aromatic rings. The summed E-state index contributed by atoms with van der Waals surface area (Å²) in [7, 11) is 0. The molecule has 1 aliphatic heterocycles. The lowest BCUT2D eigenvalue weighted by atomic mass is 9.54. The normalized spacial score (nSPS) is 29.5. The van der Waals surface area contributed by atoms with Crippen molar-refractivity contribution < 1.29 is 13.6 Å². The van der Waals surface area contributed by atoms with Gasteiger partial charge in [-0.15, -0.1) is 0 Å². The first-order valence-electron chi connectivity index (χ1n) is 13.7. The number of carbonyl (C=O) groups excluding carboxylic acids is 1. The Hall–Kier alpha value is -2.87. The fourth-order valence-corrected chi connectivity index (χ4v) is 8.05. The maximum atomic E-state index is 14.0. The molecule has 2 aromatic heterocycles. The third-order valence-electron chi connectivity index (χ3n) is 9.50. The van der Waals surface area contributed by atoms with E-state index in [0.717, 1.165) is 52.4 Å². The summed E-state index contributed by atoms with van der Waals surface area (Å²) in [6.45, 7) is 5.03. The molecule has 1 aromatic carbocycles. The second kappa shape index (κ2) is 8.86. The van der Waals surface area contributed by atoms with Crippen LogP contribution in [-0.2, 0) is 0 Å². The zero-order valence-corrected chi connectivity index (χ0v) is 21.2. The van der Waals surface area contributed by atoms with E-state index in [1.807, 2.05) is 36.1 Å². The van der Waals surface area contributed by atoms with Crippen molar-refractivity contribution in [1.29, 1.82) is 0 Å². The molecule has 0 radical (unpaired) electrons. The van der Waals surface area contributed by atoms with Crippen molar-refractivity contribution in [3.05, 3.63) is 53.3 Å². The first-order chi connectivity index (χ1) is 17.9. The minimum Gasteiger partial charge on any atom is -0.336 e. The highest BCUT2D eigenvalue weighted by Crippen LogP contribution is 2.55. The quantitative estimate of drug-likeness (QED) is 0.488. The topological polar surface area (TPSA) is 53.7 Å². The van der Waals surface area contributed by atoms with Crippen LogP contribution < -0.4 is 0 Å². The van der Waals surface area contributed by atoms with Gasteiger partial charge in [0.05, 0.1) is 11.9 Å². The van der Waals surface area contributed by atoms with E-state index in [-0.39, 0.29) is 17.2 Å². The van der Waals surface area contributed by atoms with Gasteiger partial charge in [-0.3, -0.25) is 9.69 Å². The summed E-state index contributed by atoms with van der Waals surface area (Å²) in [6, 6.07) is 9.63. The molecular weight excluding hydrogens is 472 g/mol. The van der Waals surface area contributed by atoms with Crippen molar-refractivity contribution in [3.63, 3.8) is 0 Å². The van der Waals surface area contributed by atoms with Crippen LogP contribution in [0.5, 0.6) is 0 Å². The number of piperazine rings is 1. The molecule has 4 bridgehead atoms. The van der Waals surface area contributed by atoms with Crippen molar-refractivity contribution in [2.45, 2.75) is 51.5 Å². The van der Waals surface area contributed by atoms with Crippen LogP contribution in [0.1, 0.15) is 60.1 Å². The van der Waals surface area contributed by atoms with Crippen LogP contribution in [0.2, 0.25) is 0 Å². The number of amides is 1. The third kappa shape index (κ3) is 3.95. The Bertz CT molecular complexity index is 1300. The Labute approximate surface area is 215 Å². The minimum atomic E-state index is -2.73. The van der Waals surface area contributed by atoms with E-state index >= 15 is 0 Å². The summed E-state index contributed by atoms with van der Waals surface area (Å²) in [5.74, 6) is 3.39. The van der Waals surface area contributed by atoms with E-state index in [9.17, 15) is 13.6 Å². The highest BCUT2D eigenvalue weighted by molar-refractivity contribution is 6.00. The van der Waals surface area contributed by atoms with Gasteiger partial charge in [0.1, 0.15) is 11.3 Å². The highest BCUT2D eigenvalue weighted by atomic mass is 19.3. The number of alkyl halides is 2. The van der Waals surface area contributed by atoms with E-state index in [1.54, 1.807) is 0 Å². The SMILES string of the molecule is Cc1ccc(-c2cc(C(F)F)n3ncc(C(=O)N4CCN(C5C6CC7CC(C6)CC5C7)CC4)c3n2)cc1. The van der Waals surface area contributed by atoms with Crippen molar-refractivity contribution in [3.8, 4) is 11.3 Å². The molecule has 6 nitrogen and oxygen atoms in total. The van der Waals surface area contributed by atoms with Gasteiger partial charge < -0.3 is 4.90 Å². The number of hydrogen-bond acceptors (Lipinski definition) is 4. The Morgan fingerprint density at radius 3 is 2.22 bits per heavy atom. The van der Waals surface area contributed by atoms with E-state index in [0.29, 0.717) is 30.4 Å². The van der Waals surface area contributed by atoms with Crippen molar-refractivity contribution in [2.24, 2.45) is 23.7 Å². The summed E-state index contributed by atoms with van der Waals surface area (Å²) in [6.07, 6.45) is 5.68. The Kier molecular flexibility index (Phi) is 5.57. The van der Waals surface area contributed by atoms with Crippen LogP contribution in [0.25, 0.3) is 16.9 Å². The molecule has 8 rings (SSSR count). The molecule has 3 heterocycles. The maximum absolute atomic E-state index is 14.0. The maximum Gasteiger partial charge on any atom is 0.280 e. The van der Waals surface area contributed by atoms with Gasteiger partial charge in [0, 0.05) is 37.8 Å². The lowest BCUT2D eigenvalue weighted by Gasteiger charge is -2.58. The molecule has 0 atom stereocenters. The molecule has 0 unspecified atom stereocenters. The summed E-state index contributed by atoms with van der Waals surface area (Å²) in [5, 5.41) is 4.16. The van der Waals surface area contributed by atoms with Crippen LogP contribution in [0.15, 0.2) is 36.5 Å². The average molecular weight is 506 g/mol. The predicted octanol–water partition coefficient (Wildman–Crippen LogP) is 5.22. The summed E-state index contributed by atoms with van der Waals surface area (Å²) in [4.78, 5) is 22.7. The first kappa shape index (κ1) is 23.3. The largest absolute Gasteiger partial charge is 0.336 e. The molecule has 37 heavy (non-hydrogen) atoms. The van der Waals surface area contributed by atoms with E-state index < -0.39 is 6.43 Å². The van der Waals surface area contributed by atoms with Crippen molar-refractivity contribution >= 4 is 11.6 Å². The van der Waals surface area contributed by atoms with Crippen LogP contribution in [0, 0.1) is 30.6 Å². The monoisotopic (exact) mass is 505 g/mol. The second-order valence-electron chi connectivity index (χ2n) is 11.8. The number of carbonyl (C=O) groups is 1. The molecule has 5 aliphatic rings. The molecule has 4 saturated carbocycles. The number of aryl methyl sites for hydroxylation is 1. The highest BCUT2D eigenvalue weighted by Gasteiger charge is 2.50. The molecule has 1 amide bonds. The zero-order chi connectivity index (χ0) is 25.3. The van der Waals surface area contributed by atoms with Gasteiger partial charge in [-0.1, -0.05) is 29.8 Å². The fraction of sp³-hybridized carbons (Fsp3) is 0.552. The number of aromatic nitrogens is 3. The minimum absolute atomic E-state index is 0.173. The molecular formula is C29H33F2N5O. The lowest BCUT2D eigenvalue weighted by molar-refractivity contribution is -0.0743. The number of halogens is 2. The molecule has 5 fully saturated rings. The fourth-order valence-electron chi connectivity index (χ4n) is 8.05. The summed E-state index contributed by atoms with van der Waals surface area (Å²) in [5.41, 5.74) is 2.46. The molecule has 4 aliphatic carbocycles. The Morgan fingerprint density at radius 2 is 1.59 bits per heavy atom. The van der Waals surface area contributed by atoms with Crippen LogP contribution in [0.3, 0.4) is 0 Å². The Balaban J connectivity index is 1.13. The number of fused-ring (bicyclic) bond motifs is 1. The van der Waals surface area contributed by atoms with Crippen molar-refractivity contribution in [2.75, 3.05) is 26.2 Å². The lowest BCUT2D eigenvalue weighted by Crippen LogP contribution is -2.60. The van der Waals surface area contributed by atoms with Crippen LogP contribution >= 0.6 is 0 Å². The van der Waals surface area contributed by atoms with Crippen LogP contribution in [-0.4, -0.2) is 62.5 Å². The zero-order valence-electron chi connectivity index (χ0n) is 21.2. The summed E-state index contributed by atoms with van der Waals surface area (Å²) < 4.78 is 29.1. The third-order valence-corrected chi connectivity index (χ3v) is 9.50. The molecule has 0 N–H and O–H groups in total. The van der Waals surface area contributed by atoms with Gasteiger partial charge in [0.25, 0.3) is 12.3 Å². The second-order valence-corrected chi connectivity index (χ2v) is 11.8. The molecule has 8 heteroatoms.